The minimum absolute atomic E-state index is 0.200. The number of thiocarbonyl (C=S) groups is 1. The van der Waals surface area contributed by atoms with E-state index in [0.717, 1.165) is 17.7 Å². The standard InChI is InChI=1S/C18H17ClN4OS/c1-2-22-11-14(10-20-22)12-23-17(24)16(21-18(23)25)9-15(19)8-13-6-4-3-5-7-13/h3-11H,2,12H2,1H3,(H,21,25)/b15-8-,16-9+. The lowest BCUT2D eigenvalue weighted by Crippen LogP contribution is -2.29. The fourth-order valence-electron chi connectivity index (χ4n) is 2.45. The van der Waals surface area contributed by atoms with Gasteiger partial charge in [-0.2, -0.15) is 5.10 Å². The number of hydrogen-bond donors (Lipinski definition) is 1. The molecule has 1 amide bonds. The third kappa shape index (κ3) is 4.15. The average Bonchev–Trinajstić information content (AvgIpc) is 3.16. The Hall–Kier alpha value is -2.44. The largest absolute Gasteiger partial charge is 0.328 e. The second kappa shape index (κ2) is 7.63. The Bertz CT molecular complexity index is 857. The topological polar surface area (TPSA) is 50.2 Å². The van der Waals surface area contributed by atoms with E-state index in [9.17, 15) is 4.79 Å². The Morgan fingerprint density at radius 3 is 2.80 bits per heavy atom. The highest BCUT2D eigenvalue weighted by Crippen LogP contribution is 2.18. The summed E-state index contributed by atoms with van der Waals surface area (Å²) in [6.07, 6.45) is 7.03. The quantitative estimate of drug-likeness (QED) is 0.646. The second-order valence-electron chi connectivity index (χ2n) is 5.52. The lowest BCUT2D eigenvalue weighted by molar-refractivity contribution is -0.122. The first-order valence-electron chi connectivity index (χ1n) is 7.85. The molecule has 0 spiro atoms. The van der Waals surface area contributed by atoms with Gasteiger partial charge in [0.15, 0.2) is 5.11 Å². The van der Waals surface area contributed by atoms with Crippen molar-refractivity contribution in [2.24, 2.45) is 0 Å². The number of carbonyl (C=O) groups excluding carboxylic acids is 1. The van der Waals surface area contributed by atoms with E-state index in [1.54, 1.807) is 18.3 Å². The van der Waals surface area contributed by atoms with Crippen LogP contribution >= 0.6 is 23.8 Å². The number of nitrogens with zero attached hydrogens (tertiary/aromatic N) is 3. The average molecular weight is 373 g/mol. The Kier molecular flexibility index (Phi) is 5.31. The van der Waals surface area contributed by atoms with Crippen LogP contribution in [0.15, 0.2) is 59.5 Å². The first-order chi connectivity index (χ1) is 12.1. The van der Waals surface area contributed by atoms with Crippen LogP contribution in [-0.2, 0) is 17.9 Å². The zero-order chi connectivity index (χ0) is 17.8. The summed E-state index contributed by atoms with van der Waals surface area (Å²) in [5.74, 6) is -0.200. The molecule has 128 valence electrons. The summed E-state index contributed by atoms with van der Waals surface area (Å²) in [5.41, 5.74) is 2.25. The molecule has 1 N–H and O–H groups in total. The Labute approximate surface area is 156 Å². The summed E-state index contributed by atoms with van der Waals surface area (Å²) in [5, 5.41) is 7.95. The molecule has 0 bridgehead atoms. The molecule has 1 saturated heterocycles. The Morgan fingerprint density at radius 2 is 2.12 bits per heavy atom. The number of benzene rings is 1. The molecular weight excluding hydrogens is 356 g/mol. The van der Waals surface area contributed by atoms with E-state index < -0.39 is 0 Å². The van der Waals surface area contributed by atoms with Gasteiger partial charge in [-0.05, 0) is 36.9 Å². The van der Waals surface area contributed by atoms with Crippen molar-refractivity contribution in [3.8, 4) is 0 Å². The number of halogens is 1. The van der Waals surface area contributed by atoms with Crippen LogP contribution in [0.2, 0.25) is 0 Å². The highest BCUT2D eigenvalue weighted by atomic mass is 35.5. The summed E-state index contributed by atoms with van der Waals surface area (Å²) >= 11 is 11.5. The number of aromatic nitrogens is 2. The van der Waals surface area contributed by atoms with Crippen molar-refractivity contribution in [2.75, 3.05) is 0 Å². The first-order valence-corrected chi connectivity index (χ1v) is 8.63. The molecule has 3 rings (SSSR count). The van der Waals surface area contributed by atoms with Gasteiger partial charge in [-0.1, -0.05) is 41.9 Å². The number of nitrogens with one attached hydrogen (secondary N) is 1. The van der Waals surface area contributed by atoms with Gasteiger partial charge in [0, 0.05) is 23.3 Å². The minimum Gasteiger partial charge on any atom is -0.328 e. The van der Waals surface area contributed by atoms with E-state index in [4.69, 9.17) is 23.8 Å². The number of hydrogen-bond acceptors (Lipinski definition) is 3. The Morgan fingerprint density at radius 1 is 1.36 bits per heavy atom. The van der Waals surface area contributed by atoms with Crippen LogP contribution < -0.4 is 5.32 Å². The molecule has 0 atom stereocenters. The highest BCUT2D eigenvalue weighted by molar-refractivity contribution is 7.80. The summed E-state index contributed by atoms with van der Waals surface area (Å²) in [4.78, 5) is 14.1. The molecule has 5 nitrogen and oxygen atoms in total. The first kappa shape index (κ1) is 17.4. The number of allylic oxidation sites excluding steroid dienone is 2. The predicted molar refractivity (Wildman–Crippen MR) is 103 cm³/mol. The monoisotopic (exact) mass is 372 g/mol. The smallest absolute Gasteiger partial charge is 0.276 e. The van der Waals surface area contributed by atoms with Gasteiger partial charge in [-0.25, -0.2) is 0 Å². The minimum atomic E-state index is -0.200. The van der Waals surface area contributed by atoms with Crippen LogP contribution in [0.5, 0.6) is 0 Å². The molecule has 1 aromatic heterocycles. The van der Waals surface area contributed by atoms with Crippen LogP contribution in [0.1, 0.15) is 18.1 Å². The molecule has 0 saturated carbocycles. The Balaban J connectivity index is 1.75. The van der Waals surface area contributed by atoms with E-state index >= 15 is 0 Å². The third-order valence-corrected chi connectivity index (χ3v) is 4.24. The van der Waals surface area contributed by atoms with E-state index in [2.05, 4.69) is 10.4 Å². The van der Waals surface area contributed by atoms with Crippen molar-refractivity contribution >= 4 is 40.9 Å². The van der Waals surface area contributed by atoms with Crippen LogP contribution in [0.25, 0.3) is 6.08 Å². The molecule has 25 heavy (non-hydrogen) atoms. The van der Waals surface area contributed by atoms with Crippen molar-refractivity contribution in [3.63, 3.8) is 0 Å². The molecule has 0 radical (unpaired) electrons. The maximum Gasteiger partial charge on any atom is 0.276 e. The summed E-state index contributed by atoms with van der Waals surface area (Å²) < 4.78 is 1.81. The molecule has 0 aliphatic carbocycles. The maximum atomic E-state index is 12.6. The third-order valence-electron chi connectivity index (χ3n) is 3.70. The van der Waals surface area contributed by atoms with E-state index in [1.165, 1.54) is 4.90 Å². The summed E-state index contributed by atoms with van der Waals surface area (Å²) in [7, 11) is 0. The molecule has 1 aliphatic rings. The molecule has 1 fully saturated rings. The van der Waals surface area contributed by atoms with Gasteiger partial charge < -0.3 is 5.32 Å². The van der Waals surface area contributed by atoms with Crippen molar-refractivity contribution in [3.05, 3.63) is 70.7 Å². The van der Waals surface area contributed by atoms with E-state index in [-0.39, 0.29) is 5.91 Å². The van der Waals surface area contributed by atoms with Crippen molar-refractivity contribution < 1.29 is 4.79 Å². The fraction of sp³-hybridized carbons (Fsp3) is 0.167. The van der Waals surface area contributed by atoms with Crippen LogP contribution in [0.3, 0.4) is 0 Å². The zero-order valence-electron chi connectivity index (χ0n) is 13.6. The molecule has 2 heterocycles. The highest BCUT2D eigenvalue weighted by Gasteiger charge is 2.30. The van der Waals surface area contributed by atoms with Crippen LogP contribution in [0.4, 0.5) is 0 Å². The fourth-order valence-corrected chi connectivity index (χ4v) is 2.94. The number of amides is 1. The van der Waals surface area contributed by atoms with E-state index in [0.29, 0.717) is 22.4 Å². The maximum absolute atomic E-state index is 12.6. The predicted octanol–water partition coefficient (Wildman–Crippen LogP) is 3.28. The number of aryl methyl sites for hydroxylation is 1. The molecule has 1 aromatic carbocycles. The van der Waals surface area contributed by atoms with Gasteiger partial charge in [-0.3, -0.25) is 14.4 Å². The zero-order valence-corrected chi connectivity index (χ0v) is 15.2. The molecule has 1 aliphatic heterocycles. The number of carbonyl (C=O) groups is 1. The SMILES string of the molecule is CCn1cc(CN2C(=O)/C(=C\C(Cl)=C\c3ccccc3)NC2=S)cn1. The van der Waals surface area contributed by atoms with Crippen LogP contribution in [0, 0.1) is 0 Å². The van der Waals surface area contributed by atoms with E-state index in [1.807, 2.05) is 48.1 Å². The van der Waals surface area contributed by atoms with Gasteiger partial charge in [-0.15, -0.1) is 0 Å². The molecule has 2 aromatic rings. The van der Waals surface area contributed by atoms with Gasteiger partial charge >= 0.3 is 0 Å². The van der Waals surface area contributed by atoms with Gasteiger partial charge in [0.1, 0.15) is 5.70 Å². The molecule has 0 unspecified atom stereocenters. The van der Waals surface area contributed by atoms with Gasteiger partial charge in [0.05, 0.1) is 12.7 Å². The molecule has 7 heteroatoms. The van der Waals surface area contributed by atoms with Crippen molar-refractivity contribution in [2.45, 2.75) is 20.0 Å². The van der Waals surface area contributed by atoms with Gasteiger partial charge in [0.25, 0.3) is 5.91 Å². The van der Waals surface area contributed by atoms with Gasteiger partial charge in [0.2, 0.25) is 0 Å². The lowest BCUT2D eigenvalue weighted by Gasteiger charge is -2.12. The normalized spacial score (nSPS) is 16.6. The van der Waals surface area contributed by atoms with Crippen molar-refractivity contribution in [1.29, 1.82) is 0 Å². The lowest BCUT2D eigenvalue weighted by atomic mass is 10.2. The second-order valence-corrected chi connectivity index (χ2v) is 6.35. The molecular formula is C18H17ClN4OS. The summed E-state index contributed by atoms with van der Waals surface area (Å²) in [6, 6.07) is 9.66. The summed E-state index contributed by atoms with van der Waals surface area (Å²) in [6.45, 7) is 3.16. The number of rotatable bonds is 5. The van der Waals surface area contributed by atoms with Crippen molar-refractivity contribution in [1.82, 2.24) is 20.0 Å². The van der Waals surface area contributed by atoms with Crippen LogP contribution in [-0.4, -0.2) is 25.7 Å².